The summed E-state index contributed by atoms with van der Waals surface area (Å²) in [6.45, 7) is 7.60. The van der Waals surface area contributed by atoms with Crippen LogP contribution in [0.25, 0.3) is 0 Å². The van der Waals surface area contributed by atoms with Crippen LogP contribution >= 0.6 is 0 Å². The minimum Gasteiger partial charge on any atom is -0.495 e. The molecule has 0 aromatic rings. The summed E-state index contributed by atoms with van der Waals surface area (Å²) in [6.07, 6.45) is 1.70. The van der Waals surface area contributed by atoms with E-state index in [0.29, 0.717) is 5.88 Å². The van der Waals surface area contributed by atoms with Crippen molar-refractivity contribution >= 4 is 0 Å². The van der Waals surface area contributed by atoms with Crippen LogP contribution in [0.1, 0.15) is 20.8 Å². The summed E-state index contributed by atoms with van der Waals surface area (Å²) in [7, 11) is 0. The molecule has 2 nitrogen and oxygen atoms in total. The van der Waals surface area contributed by atoms with Crippen molar-refractivity contribution < 1.29 is 5.11 Å². The molecule has 0 unspecified atom stereocenters. The summed E-state index contributed by atoms with van der Waals surface area (Å²) in [5, 5.41) is 9.10. The first kappa shape index (κ1) is 8.34. The monoisotopic (exact) mass is 129 g/mol. The van der Waals surface area contributed by atoms with Crippen LogP contribution in [0.4, 0.5) is 0 Å². The average molecular weight is 129 g/mol. The number of allylic oxidation sites excluding steroid dienone is 1. The zero-order valence-corrected chi connectivity index (χ0v) is 6.39. The predicted molar refractivity (Wildman–Crippen MR) is 39.3 cm³/mol. The van der Waals surface area contributed by atoms with E-state index in [2.05, 4.69) is 0 Å². The van der Waals surface area contributed by atoms with Crippen LogP contribution in [0.15, 0.2) is 12.0 Å². The van der Waals surface area contributed by atoms with Gasteiger partial charge >= 0.3 is 0 Å². The van der Waals surface area contributed by atoms with E-state index in [0.717, 1.165) is 13.1 Å². The smallest absolute Gasteiger partial charge is 0.182 e. The van der Waals surface area contributed by atoms with Gasteiger partial charge in [-0.2, -0.15) is 0 Å². The molecule has 0 aromatic carbocycles. The van der Waals surface area contributed by atoms with Gasteiger partial charge in [0.25, 0.3) is 0 Å². The number of aliphatic hydroxyl groups is 1. The fourth-order valence-corrected chi connectivity index (χ4v) is 0.730. The second-order valence-corrected chi connectivity index (χ2v) is 1.82. The first-order chi connectivity index (χ1) is 4.26. The van der Waals surface area contributed by atoms with Gasteiger partial charge in [-0.15, -0.1) is 0 Å². The molecule has 0 heterocycles. The largest absolute Gasteiger partial charge is 0.495 e. The lowest BCUT2D eigenvalue weighted by Gasteiger charge is -2.18. The Kier molecular flexibility index (Phi) is 3.93. The molecule has 2 heteroatoms. The maximum atomic E-state index is 9.10. The number of hydrogen-bond acceptors (Lipinski definition) is 2. The lowest BCUT2D eigenvalue weighted by atomic mass is 10.5. The van der Waals surface area contributed by atoms with Gasteiger partial charge in [-0.05, 0) is 26.8 Å². The van der Waals surface area contributed by atoms with Crippen molar-refractivity contribution in [2.45, 2.75) is 20.8 Å². The molecular weight excluding hydrogens is 114 g/mol. The van der Waals surface area contributed by atoms with Crippen molar-refractivity contribution in [2.24, 2.45) is 0 Å². The first-order valence-corrected chi connectivity index (χ1v) is 3.36. The highest BCUT2D eigenvalue weighted by Gasteiger charge is 1.98. The fraction of sp³-hybridized carbons (Fsp3) is 0.714. The van der Waals surface area contributed by atoms with Crippen molar-refractivity contribution in [3.05, 3.63) is 12.0 Å². The molecule has 0 aromatic heterocycles. The van der Waals surface area contributed by atoms with Crippen LogP contribution in [0, 0.1) is 0 Å². The maximum absolute atomic E-state index is 9.10. The molecule has 0 saturated carbocycles. The zero-order valence-electron chi connectivity index (χ0n) is 6.39. The van der Waals surface area contributed by atoms with Crippen LogP contribution in [-0.2, 0) is 0 Å². The first-order valence-electron chi connectivity index (χ1n) is 3.36. The summed E-state index contributed by atoms with van der Waals surface area (Å²) in [4.78, 5) is 1.89. The molecule has 0 aliphatic carbocycles. The van der Waals surface area contributed by atoms with Crippen LogP contribution < -0.4 is 0 Å². The summed E-state index contributed by atoms with van der Waals surface area (Å²) >= 11 is 0. The molecule has 0 saturated heterocycles. The molecule has 0 aliphatic rings. The van der Waals surface area contributed by atoms with E-state index in [9.17, 15) is 0 Å². The molecule has 0 rings (SSSR count). The Labute approximate surface area is 56.8 Å². The topological polar surface area (TPSA) is 23.5 Å². The van der Waals surface area contributed by atoms with Crippen molar-refractivity contribution in [3.8, 4) is 0 Å². The summed E-state index contributed by atoms with van der Waals surface area (Å²) in [5.74, 6) is 0.375. The highest BCUT2D eigenvalue weighted by atomic mass is 16.3. The van der Waals surface area contributed by atoms with Gasteiger partial charge in [-0.1, -0.05) is 0 Å². The van der Waals surface area contributed by atoms with E-state index >= 15 is 0 Å². The molecule has 9 heavy (non-hydrogen) atoms. The normalized spacial score (nSPS) is 11.7. The van der Waals surface area contributed by atoms with Gasteiger partial charge in [-0.25, -0.2) is 0 Å². The highest BCUT2D eigenvalue weighted by Crippen LogP contribution is 1.96. The average Bonchev–Trinajstić information content (AvgIpc) is 1.90. The van der Waals surface area contributed by atoms with Crippen LogP contribution in [0.2, 0.25) is 0 Å². The van der Waals surface area contributed by atoms with E-state index in [1.165, 1.54) is 0 Å². The number of nitrogens with zero attached hydrogens (tertiary/aromatic N) is 1. The Hall–Kier alpha value is -0.660. The van der Waals surface area contributed by atoms with Crippen molar-refractivity contribution in [3.63, 3.8) is 0 Å². The molecule has 0 fully saturated rings. The Morgan fingerprint density at radius 1 is 1.44 bits per heavy atom. The standard InChI is InChI=1S/C7H15NO/c1-4-7(9)8(5-2)6-3/h4,9H,5-6H2,1-3H3. The fourth-order valence-electron chi connectivity index (χ4n) is 0.730. The minimum atomic E-state index is 0.375. The summed E-state index contributed by atoms with van der Waals surface area (Å²) < 4.78 is 0. The Balaban J connectivity index is 3.79. The van der Waals surface area contributed by atoms with Gasteiger partial charge in [0, 0.05) is 13.1 Å². The number of hydrogen-bond donors (Lipinski definition) is 1. The van der Waals surface area contributed by atoms with Gasteiger partial charge in [0.1, 0.15) is 0 Å². The second-order valence-electron chi connectivity index (χ2n) is 1.82. The Morgan fingerprint density at radius 2 is 1.89 bits per heavy atom. The van der Waals surface area contributed by atoms with Gasteiger partial charge in [0.2, 0.25) is 0 Å². The molecule has 0 atom stereocenters. The van der Waals surface area contributed by atoms with Gasteiger partial charge in [-0.3, -0.25) is 0 Å². The number of rotatable bonds is 3. The summed E-state index contributed by atoms with van der Waals surface area (Å²) in [5.41, 5.74) is 0. The maximum Gasteiger partial charge on any atom is 0.182 e. The molecule has 0 amide bonds. The third kappa shape index (κ3) is 2.40. The third-order valence-electron chi connectivity index (χ3n) is 1.35. The van der Waals surface area contributed by atoms with Gasteiger partial charge in [0.15, 0.2) is 5.88 Å². The Bertz CT molecular complexity index is 95.1. The van der Waals surface area contributed by atoms with Crippen LogP contribution in [0.5, 0.6) is 0 Å². The molecule has 54 valence electrons. The lowest BCUT2D eigenvalue weighted by molar-refractivity contribution is 0.215. The van der Waals surface area contributed by atoms with Crippen molar-refractivity contribution in [1.82, 2.24) is 4.90 Å². The van der Waals surface area contributed by atoms with E-state index < -0.39 is 0 Å². The lowest BCUT2D eigenvalue weighted by Crippen LogP contribution is -2.21. The van der Waals surface area contributed by atoms with E-state index in [4.69, 9.17) is 5.11 Å². The number of aliphatic hydroxyl groups excluding tert-OH is 1. The third-order valence-corrected chi connectivity index (χ3v) is 1.35. The van der Waals surface area contributed by atoms with E-state index in [-0.39, 0.29) is 0 Å². The van der Waals surface area contributed by atoms with Crippen molar-refractivity contribution in [2.75, 3.05) is 13.1 Å². The Morgan fingerprint density at radius 3 is 2.00 bits per heavy atom. The highest BCUT2D eigenvalue weighted by molar-refractivity contribution is 4.86. The summed E-state index contributed by atoms with van der Waals surface area (Å²) in [6, 6.07) is 0. The second kappa shape index (κ2) is 4.24. The molecule has 0 spiro atoms. The van der Waals surface area contributed by atoms with Gasteiger partial charge < -0.3 is 10.0 Å². The van der Waals surface area contributed by atoms with Crippen LogP contribution in [-0.4, -0.2) is 23.1 Å². The minimum absolute atomic E-state index is 0.375. The van der Waals surface area contributed by atoms with Gasteiger partial charge in [0.05, 0.1) is 0 Å². The van der Waals surface area contributed by atoms with E-state index in [1.807, 2.05) is 25.7 Å². The molecule has 0 aliphatic heterocycles. The molecule has 0 bridgehead atoms. The van der Waals surface area contributed by atoms with Crippen LogP contribution in [0.3, 0.4) is 0 Å². The molecule has 1 N–H and O–H groups in total. The SMILES string of the molecule is CC=C(O)N(CC)CC. The van der Waals surface area contributed by atoms with Crippen molar-refractivity contribution in [1.29, 1.82) is 0 Å². The quantitative estimate of drug-likeness (QED) is 0.587. The molecule has 0 radical (unpaired) electrons. The predicted octanol–water partition coefficient (Wildman–Crippen LogP) is 1.75. The van der Waals surface area contributed by atoms with E-state index in [1.54, 1.807) is 6.08 Å². The zero-order chi connectivity index (χ0) is 7.28. The molecular formula is C7H15NO.